The Labute approximate surface area is 132 Å². The van der Waals surface area contributed by atoms with Gasteiger partial charge in [-0.25, -0.2) is 0 Å². The molecule has 1 unspecified atom stereocenters. The van der Waals surface area contributed by atoms with Crippen LogP contribution in [0.25, 0.3) is 10.8 Å². The van der Waals surface area contributed by atoms with E-state index in [1.165, 1.54) is 21.9 Å². The van der Waals surface area contributed by atoms with Gasteiger partial charge in [-0.3, -0.25) is 0 Å². The lowest BCUT2D eigenvalue weighted by Crippen LogP contribution is -1.95. The van der Waals surface area contributed by atoms with Gasteiger partial charge in [-0.1, -0.05) is 82.1 Å². The van der Waals surface area contributed by atoms with Crippen molar-refractivity contribution in [2.75, 3.05) is 0 Å². The first kappa shape index (κ1) is 13.7. The van der Waals surface area contributed by atoms with E-state index in [2.05, 4.69) is 64.5 Å². The van der Waals surface area contributed by atoms with Crippen molar-refractivity contribution in [2.45, 2.75) is 11.2 Å². The Morgan fingerprint density at radius 1 is 0.850 bits per heavy atom. The molecule has 0 saturated carbocycles. The second-order valence-corrected chi connectivity index (χ2v) is 6.45. The summed E-state index contributed by atoms with van der Waals surface area (Å²) in [5, 5.41) is 3.35. The summed E-state index contributed by atoms with van der Waals surface area (Å²) in [6.45, 7) is 0. The first-order valence-corrected chi connectivity index (χ1v) is 7.89. The fraction of sp³-hybridized carbons (Fsp3) is 0.111. The number of hydrogen-bond donors (Lipinski definition) is 0. The van der Waals surface area contributed by atoms with Crippen LogP contribution >= 0.6 is 27.5 Å². The normalized spacial score (nSPS) is 12.5. The smallest absolute Gasteiger partial charge is 0.0436 e. The van der Waals surface area contributed by atoms with Crippen LogP contribution in [0.5, 0.6) is 0 Å². The van der Waals surface area contributed by atoms with E-state index in [0.717, 1.165) is 11.4 Å². The maximum absolute atomic E-state index is 6.05. The molecule has 1 atom stereocenters. The van der Waals surface area contributed by atoms with Crippen molar-refractivity contribution in [3.05, 3.63) is 82.9 Å². The van der Waals surface area contributed by atoms with Gasteiger partial charge >= 0.3 is 0 Å². The maximum atomic E-state index is 6.05. The molecular formula is C18H14BrCl. The molecule has 0 bridgehead atoms. The van der Waals surface area contributed by atoms with E-state index in [-0.39, 0.29) is 4.83 Å². The van der Waals surface area contributed by atoms with Crippen molar-refractivity contribution in [1.82, 2.24) is 0 Å². The highest BCUT2D eigenvalue weighted by molar-refractivity contribution is 9.09. The lowest BCUT2D eigenvalue weighted by molar-refractivity contribution is 0.951. The van der Waals surface area contributed by atoms with Crippen molar-refractivity contribution >= 4 is 38.3 Å². The van der Waals surface area contributed by atoms with Crippen molar-refractivity contribution < 1.29 is 0 Å². The average molecular weight is 346 g/mol. The number of benzene rings is 3. The molecule has 0 aliphatic rings. The third-order valence-electron chi connectivity index (χ3n) is 3.44. The van der Waals surface area contributed by atoms with E-state index >= 15 is 0 Å². The number of fused-ring (bicyclic) bond motifs is 1. The summed E-state index contributed by atoms with van der Waals surface area (Å²) in [7, 11) is 0. The molecule has 0 nitrogen and oxygen atoms in total. The van der Waals surface area contributed by atoms with Crippen LogP contribution < -0.4 is 0 Å². The summed E-state index contributed by atoms with van der Waals surface area (Å²) in [6.07, 6.45) is 0.950. The molecule has 0 saturated heterocycles. The van der Waals surface area contributed by atoms with Gasteiger partial charge in [0.15, 0.2) is 0 Å². The highest BCUT2D eigenvalue weighted by Gasteiger charge is 2.09. The predicted molar refractivity (Wildman–Crippen MR) is 90.8 cm³/mol. The summed E-state index contributed by atoms with van der Waals surface area (Å²) in [5.41, 5.74) is 2.54. The minimum atomic E-state index is 0.280. The van der Waals surface area contributed by atoms with E-state index in [0.29, 0.717) is 0 Å². The van der Waals surface area contributed by atoms with Gasteiger partial charge in [0.25, 0.3) is 0 Å². The van der Waals surface area contributed by atoms with Crippen LogP contribution in [0, 0.1) is 0 Å². The Kier molecular flexibility index (Phi) is 4.09. The minimum Gasteiger partial charge on any atom is -0.0843 e. The molecule has 3 aromatic carbocycles. The van der Waals surface area contributed by atoms with Crippen LogP contribution in [-0.4, -0.2) is 0 Å². The van der Waals surface area contributed by atoms with E-state index < -0.39 is 0 Å². The first-order valence-electron chi connectivity index (χ1n) is 6.59. The molecule has 20 heavy (non-hydrogen) atoms. The van der Waals surface area contributed by atoms with Crippen molar-refractivity contribution in [3.8, 4) is 0 Å². The molecule has 0 aliphatic heterocycles. The highest BCUT2D eigenvalue weighted by Crippen LogP contribution is 2.29. The lowest BCUT2D eigenvalue weighted by atomic mass is 10.0. The summed E-state index contributed by atoms with van der Waals surface area (Å²) < 4.78 is 0. The Balaban J connectivity index is 1.85. The highest BCUT2D eigenvalue weighted by atomic mass is 79.9. The molecule has 0 spiro atoms. The van der Waals surface area contributed by atoms with Gasteiger partial charge in [0.2, 0.25) is 0 Å². The SMILES string of the molecule is Clc1cccc(C(Br)Cc2ccc3ccccc3c2)c1. The Bertz CT molecular complexity index is 736. The van der Waals surface area contributed by atoms with Gasteiger partial charge < -0.3 is 0 Å². The van der Waals surface area contributed by atoms with Crippen LogP contribution in [0.15, 0.2) is 66.7 Å². The fourth-order valence-corrected chi connectivity index (χ4v) is 3.25. The van der Waals surface area contributed by atoms with Gasteiger partial charge in [0.05, 0.1) is 0 Å². The van der Waals surface area contributed by atoms with E-state index in [1.54, 1.807) is 0 Å². The number of halogens is 2. The van der Waals surface area contributed by atoms with Crippen LogP contribution in [0.4, 0.5) is 0 Å². The van der Waals surface area contributed by atoms with Crippen LogP contribution in [0.1, 0.15) is 16.0 Å². The van der Waals surface area contributed by atoms with Gasteiger partial charge in [-0.05, 0) is 40.5 Å². The Hall–Kier alpha value is -1.31. The number of rotatable bonds is 3. The molecular weight excluding hydrogens is 332 g/mol. The van der Waals surface area contributed by atoms with E-state index in [9.17, 15) is 0 Å². The summed E-state index contributed by atoms with van der Waals surface area (Å²) in [6, 6.07) is 23.1. The van der Waals surface area contributed by atoms with Crippen molar-refractivity contribution in [2.24, 2.45) is 0 Å². The Morgan fingerprint density at radius 2 is 1.65 bits per heavy atom. The molecule has 0 amide bonds. The molecule has 0 heterocycles. The van der Waals surface area contributed by atoms with E-state index in [1.807, 2.05) is 18.2 Å². The third kappa shape index (κ3) is 3.05. The van der Waals surface area contributed by atoms with Gasteiger partial charge in [0.1, 0.15) is 0 Å². The van der Waals surface area contributed by atoms with Gasteiger partial charge in [-0.2, -0.15) is 0 Å². The predicted octanol–water partition coefficient (Wildman–Crippen LogP) is 6.17. The minimum absolute atomic E-state index is 0.280. The second-order valence-electron chi connectivity index (χ2n) is 4.91. The third-order valence-corrected chi connectivity index (χ3v) is 4.53. The topological polar surface area (TPSA) is 0 Å². The second kappa shape index (κ2) is 5.99. The molecule has 0 fully saturated rings. The zero-order chi connectivity index (χ0) is 13.9. The fourth-order valence-electron chi connectivity index (χ4n) is 2.39. The van der Waals surface area contributed by atoms with Gasteiger partial charge in [0, 0.05) is 9.85 Å². The molecule has 3 aromatic rings. The summed E-state index contributed by atoms with van der Waals surface area (Å²) in [4.78, 5) is 0.280. The number of alkyl halides is 1. The summed E-state index contributed by atoms with van der Waals surface area (Å²) in [5.74, 6) is 0. The Morgan fingerprint density at radius 3 is 2.45 bits per heavy atom. The number of hydrogen-bond acceptors (Lipinski definition) is 0. The molecule has 0 radical (unpaired) electrons. The van der Waals surface area contributed by atoms with E-state index in [4.69, 9.17) is 11.6 Å². The van der Waals surface area contributed by atoms with Crippen molar-refractivity contribution in [3.63, 3.8) is 0 Å². The maximum Gasteiger partial charge on any atom is 0.0436 e. The van der Waals surface area contributed by atoms with Gasteiger partial charge in [-0.15, -0.1) is 0 Å². The summed E-state index contributed by atoms with van der Waals surface area (Å²) >= 11 is 9.81. The van der Waals surface area contributed by atoms with Crippen LogP contribution in [0.2, 0.25) is 5.02 Å². The quantitative estimate of drug-likeness (QED) is 0.498. The van der Waals surface area contributed by atoms with Crippen molar-refractivity contribution in [1.29, 1.82) is 0 Å². The average Bonchev–Trinajstić information content (AvgIpc) is 2.47. The molecule has 3 rings (SSSR count). The molecule has 0 N–H and O–H groups in total. The van der Waals surface area contributed by atoms with Crippen LogP contribution in [-0.2, 0) is 6.42 Å². The largest absolute Gasteiger partial charge is 0.0843 e. The molecule has 100 valence electrons. The zero-order valence-corrected chi connectivity index (χ0v) is 13.2. The molecule has 0 aliphatic carbocycles. The standard InChI is InChI=1S/C18H14BrCl/c19-18(16-6-3-7-17(20)12-16)11-13-8-9-14-4-1-2-5-15(14)10-13/h1-10,12,18H,11H2. The zero-order valence-electron chi connectivity index (χ0n) is 10.9. The first-order chi connectivity index (χ1) is 9.72. The molecule has 2 heteroatoms. The lowest BCUT2D eigenvalue weighted by Gasteiger charge is -2.11. The van der Waals surface area contributed by atoms with Crippen LogP contribution in [0.3, 0.4) is 0 Å². The monoisotopic (exact) mass is 344 g/mol. The molecule has 0 aromatic heterocycles.